The van der Waals surface area contributed by atoms with Crippen LogP contribution in [0.4, 0.5) is 10.5 Å². The van der Waals surface area contributed by atoms with Gasteiger partial charge in [0.2, 0.25) is 0 Å². The molecular weight excluding hydrogens is 408 g/mol. The number of carbonyl (C=O) groups is 3. The molecule has 1 aliphatic heterocycles. The van der Waals surface area contributed by atoms with Gasteiger partial charge in [0.1, 0.15) is 5.57 Å². The highest BCUT2D eigenvalue weighted by molar-refractivity contribution is 6.42. The Morgan fingerprint density at radius 2 is 1.80 bits per heavy atom. The standard InChI is InChI=1S/C22H21ClN2O5/c1-3-11-30-18-10-9-14(13-19(18)29-4-2)12-15-20(26)24-22(28)25(21(15)27)17-8-6-5-7-16(17)23/h5-10,12-13H,3-4,11H2,1-2H3,(H,24,26,28)/b15-12+. The van der Waals surface area contributed by atoms with Gasteiger partial charge in [-0.3, -0.25) is 14.9 Å². The predicted octanol–water partition coefficient (Wildman–Crippen LogP) is 4.19. The number of imide groups is 2. The summed E-state index contributed by atoms with van der Waals surface area (Å²) in [7, 11) is 0. The van der Waals surface area contributed by atoms with Crippen molar-refractivity contribution in [3.63, 3.8) is 0 Å². The number of nitrogens with zero attached hydrogens (tertiary/aromatic N) is 1. The van der Waals surface area contributed by atoms with E-state index in [1.165, 1.54) is 12.1 Å². The molecule has 30 heavy (non-hydrogen) atoms. The van der Waals surface area contributed by atoms with Gasteiger partial charge in [0.15, 0.2) is 11.5 Å². The van der Waals surface area contributed by atoms with Crippen LogP contribution in [-0.4, -0.2) is 31.1 Å². The van der Waals surface area contributed by atoms with Crippen LogP contribution in [0, 0.1) is 0 Å². The van der Waals surface area contributed by atoms with Gasteiger partial charge >= 0.3 is 6.03 Å². The minimum atomic E-state index is -0.853. The van der Waals surface area contributed by atoms with Gasteiger partial charge in [-0.2, -0.15) is 0 Å². The molecule has 0 bridgehead atoms. The lowest BCUT2D eigenvalue weighted by Crippen LogP contribution is -2.54. The first-order valence-corrected chi connectivity index (χ1v) is 9.89. The molecule has 2 aromatic rings. The highest BCUT2D eigenvalue weighted by Crippen LogP contribution is 2.31. The highest BCUT2D eigenvalue weighted by atomic mass is 35.5. The maximum absolute atomic E-state index is 13.0. The molecule has 1 heterocycles. The Morgan fingerprint density at radius 1 is 1.03 bits per heavy atom. The fourth-order valence-electron chi connectivity index (χ4n) is 2.89. The monoisotopic (exact) mass is 428 g/mol. The molecule has 0 unspecified atom stereocenters. The molecule has 1 aliphatic rings. The number of benzene rings is 2. The van der Waals surface area contributed by atoms with Crippen molar-refractivity contribution in [1.82, 2.24) is 5.32 Å². The normalized spacial score (nSPS) is 15.4. The van der Waals surface area contributed by atoms with Crippen LogP contribution >= 0.6 is 11.6 Å². The molecule has 0 spiro atoms. The van der Waals surface area contributed by atoms with Crippen molar-refractivity contribution in [2.75, 3.05) is 18.1 Å². The van der Waals surface area contributed by atoms with Crippen molar-refractivity contribution >= 4 is 41.2 Å². The number of para-hydroxylation sites is 1. The van der Waals surface area contributed by atoms with E-state index in [2.05, 4.69) is 5.32 Å². The number of carbonyl (C=O) groups excluding carboxylic acids is 3. The molecule has 0 aromatic heterocycles. The molecule has 0 saturated carbocycles. The smallest absolute Gasteiger partial charge is 0.335 e. The van der Waals surface area contributed by atoms with E-state index >= 15 is 0 Å². The third-order valence-corrected chi connectivity index (χ3v) is 4.55. The first-order chi connectivity index (χ1) is 14.5. The molecule has 3 rings (SSSR count). The second-order valence-corrected chi connectivity index (χ2v) is 6.80. The van der Waals surface area contributed by atoms with Crippen LogP contribution < -0.4 is 19.7 Å². The molecule has 1 fully saturated rings. The third-order valence-electron chi connectivity index (χ3n) is 4.24. The van der Waals surface area contributed by atoms with E-state index in [-0.39, 0.29) is 16.3 Å². The zero-order valence-corrected chi connectivity index (χ0v) is 17.4. The van der Waals surface area contributed by atoms with Crippen molar-refractivity contribution in [3.05, 3.63) is 58.6 Å². The molecule has 0 radical (unpaired) electrons. The molecule has 1 N–H and O–H groups in total. The van der Waals surface area contributed by atoms with Gasteiger partial charge in [-0.05, 0) is 49.2 Å². The van der Waals surface area contributed by atoms with Crippen molar-refractivity contribution in [1.29, 1.82) is 0 Å². The number of hydrogen-bond acceptors (Lipinski definition) is 5. The first-order valence-electron chi connectivity index (χ1n) is 9.51. The van der Waals surface area contributed by atoms with Gasteiger partial charge < -0.3 is 9.47 Å². The lowest BCUT2D eigenvalue weighted by molar-refractivity contribution is -0.122. The number of nitrogens with one attached hydrogen (secondary N) is 1. The van der Waals surface area contributed by atoms with E-state index in [0.29, 0.717) is 30.3 Å². The molecule has 7 nitrogen and oxygen atoms in total. The molecule has 2 aromatic carbocycles. The minimum absolute atomic E-state index is 0.193. The van der Waals surface area contributed by atoms with Crippen LogP contribution in [0.25, 0.3) is 6.08 Å². The second-order valence-electron chi connectivity index (χ2n) is 6.40. The van der Waals surface area contributed by atoms with E-state index in [0.717, 1.165) is 11.3 Å². The zero-order valence-electron chi connectivity index (χ0n) is 16.6. The van der Waals surface area contributed by atoms with Crippen LogP contribution in [0.1, 0.15) is 25.8 Å². The number of ether oxygens (including phenoxy) is 2. The van der Waals surface area contributed by atoms with E-state index in [4.69, 9.17) is 21.1 Å². The quantitative estimate of drug-likeness (QED) is 0.528. The molecular formula is C22H21ClN2O5. The number of anilines is 1. The summed E-state index contributed by atoms with van der Waals surface area (Å²) in [4.78, 5) is 38.5. The number of barbiturate groups is 1. The van der Waals surface area contributed by atoms with Gasteiger partial charge in [-0.25, -0.2) is 9.69 Å². The summed E-state index contributed by atoms with van der Waals surface area (Å²) in [6, 6.07) is 10.7. The Bertz CT molecular complexity index is 1020. The Kier molecular flexibility index (Phi) is 6.74. The van der Waals surface area contributed by atoms with Crippen molar-refractivity contribution in [2.24, 2.45) is 0 Å². The van der Waals surface area contributed by atoms with Gasteiger partial charge in [0.05, 0.1) is 23.9 Å². The van der Waals surface area contributed by atoms with E-state index in [1.54, 1.807) is 36.4 Å². The fourth-order valence-corrected chi connectivity index (χ4v) is 3.11. The topological polar surface area (TPSA) is 84.9 Å². The molecule has 8 heteroatoms. The summed E-state index contributed by atoms with van der Waals surface area (Å²) in [6.07, 6.45) is 2.25. The largest absolute Gasteiger partial charge is 0.490 e. The number of amides is 4. The average Bonchev–Trinajstić information content (AvgIpc) is 2.72. The molecule has 0 atom stereocenters. The maximum atomic E-state index is 13.0. The first kappa shape index (κ1) is 21.4. The van der Waals surface area contributed by atoms with Crippen molar-refractivity contribution < 1.29 is 23.9 Å². The van der Waals surface area contributed by atoms with Crippen LogP contribution in [0.15, 0.2) is 48.0 Å². The van der Waals surface area contributed by atoms with Crippen LogP contribution in [0.2, 0.25) is 5.02 Å². The summed E-state index contributed by atoms with van der Waals surface area (Å²) in [5, 5.41) is 2.39. The van der Waals surface area contributed by atoms with Gasteiger partial charge in [-0.15, -0.1) is 0 Å². The summed E-state index contributed by atoms with van der Waals surface area (Å²) in [5.41, 5.74) is 0.548. The Hall–Kier alpha value is -3.32. The van der Waals surface area contributed by atoms with Crippen molar-refractivity contribution in [3.8, 4) is 11.5 Å². The van der Waals surface area contributed by atoms with Gasteiger partial charge in [0.25, 0.3) is 11.8 Å². The minimum Gasteiger partial charge on any atom is -0.490 e. The SMILES string of the molecule is CCCOc1ccc(/C=C2\C(=O)NC(=O)N(c3ccccc3Cl)C2=O)cc1OCC. The number of halogens is 1. The van der Waals surface area contributed by atoms with E-state index in [9.17, 15) is 14.4 Å². The number of rotatable bonds is 7. The van der Waals surface area contributed by atoms with Gasteiger partial charge in [0, 0.05) is 0 Å². The number of hydrogen-bond donors (Lipinski definition) is 1. The maximum Gasteiger partial charge on any atom is 0.335 e. The van der Waals surface area contributed by atoms with E-state index in [1.807, 2.05) is 13.8 Å². The average molecular weight is 429 g/mol. The molecule has 1 saturated heterocycles. The Balaban J connectivity index is 1.98. The van der Waals surface area contributed by atoms with Crippen LogP contribution in [0.3, 0.4) is 0 Å². The zero-order chi connectivity index (χ0) is 21.7. The third kappa shape index (κ3) is 4.46. The summed E-state index contributed by atoms with van der Waals surface area (Å²) >= 11 is 6.14. The van der Waals surface area contributed by atoms with Crippen LogP contribution in [-0.2, 0) is 9.59 Å². The molecule has 156 valence electrons. The van der Waals surface area contributed by atoms with Gasteiger partial charge in [-0.1, -0.05) is 36.7 Å². The summed E-state index contributed by atoms with van der Waals surface area (Å²) in [6.45, 7) is 4.81. The molecule has 0 aliphatic carbocycles. The molecule has 4 amide bonds. The lowest BCUT2D eigenvalue weighted by atomic mass is 10.1. The second kappa shape index (κ2) is 9.45. The predicted molar refractivity (Wildman–Crippen MR) is 114 cm³/mol. The Labute approximate surface area is 179 Å². The fraction of sp³-hybridized carbons (Fsp3) is 0.227. The highest BCUT2D eigenvalue weighted by Gasteiger charge is 2.37. The van der Waals surface area contributed by atoms with Crippen LogP contribution in [0.5, 0.6) is 11.5 Å². The summed E-state index contributed by atoms with van der Waals surface area (Å²) < 4.78 is 11.3. The van der Waals surface area contributed by atoms with E-state index < -0.39 is 17.8 Å². The number of urea groups is 1. The lowest BCUT2D eigenvalue weighted by Gasteiger charge is -2.27. The Morgan fingerprint density at radius 3 is 2.50 bits per heavy atom. The summed E-state index contributed by atoms with van der Waals surface area (Å²) in [5.74, 6) is -0.463. The van der Waals surface area contributed by atoms with Crippen molar-refractivity contribution in [2.45, 2.75) is 20.3 Å².